The molecule has 144 valence electrons. The zero-order chi connectivity index (χ0) is 18.8. The van der Waals surface area contributed by atoms with Gasteiger partial charge < -0.3 is 23.7 Å². The van der Waals surface area contributed by atoms with E-state index in [1.807, 2.05) is 30.3 Å². The molecule has 0 saturated heterocycles. The van der Waals surface area contributed by atoms with E-state index < -0.39 is 6.10 Å². The van der Waals surface area contributed by atoms with Crippen molar-refractivity contribution in [1.29, 1.82) is 0 Å². The molecule has 0 bridgehead atoms. The smallest absolute Gasteiger partial charge is 0.161 e. The molecule has 0 unspecified atom stereocenters. The van der Waals surface area contributed by atoms with Crippen LogP contribution in [0.2, 0.25) is 0 Å². The molecule has 1 atom stereocenters. The van der Waals surface area contributed by atoms with Crippen LogP contribution in [0.1, 0.15) is 24.7 Å². The standard InChI is InChI=1S/C20H29NO5/c1-4-9-21(12-16-7-8-19(23-2)20(11-16)24-3)13-17(22)14-25-15-18-6-5-10-26-18/h5-8,10-11,17,22H,4,9,12-15H2,1-3H3/t17-/m0/s1. The van der Waals surface area contributed by atoms with Crippen LogP contribution in [0.25, 0.3) is 0 Å². The van der Waals surface area contributed by atoms with E-state index in [4.69, 9.17) is 18.6 Å². The van der Waals surface area contributed by atoms with E-state index in [1.165, 1.54) is 0 Å². The number of ether oxygens (including phenoxy) is 3. The zero-order valence-electron chi connectivity index (χ0n) is 15.8. The van der Waals surface area contributed by atoms with Gasteiger partial charge in [-0.15, -0.1) is 0 Å². The molecular weight excluding hydrogens is 334 g/mol. The molecule has 0 amide bonds. The fourth-order valence-electron chi connectivity index (χ4n) is 2.83. The van der Waals surface area contributed by atoms with E-state index in [-0.39, 0.29) is 6.61 Å². The van der Waals surface area contributed by atoms with Gasteiger partial charge in [0.15, 0.2) is 11.5 Å². The van der Waals surface area contributed by atoms with Crippen LogP contribution in [-0.4, -0.2) is 50.0 Å². The number of methoxy groups -OCH3 is 2. The van der Waals surface area contributed by atoms with Crippen molar-refractivity contribution in [2.45, 2.75) is 32.6 Å². The number of hydrogen-bond acceptors (Lipinski definition) is 6. The van der Waals surface area contributed by atoms with Crippen molar-refractivity contribution in [3.8, 4) is 11.5 Å². The van der Waals surface area contributed by atoms with Gasteiger partial charge in [0.1, 0.15) is 12.4 Å². The number of furan rings is 1. The van der Waals surface area contributed by atoms with Crippen LogP contribution in [0, 0.1) is 0 Å². The molecule has 0 fully saturated rings. The molecule has 1 aromatic heterocycles. The van der Waals surface area contributed by atoms with E-state index in [9.17, 15) is 5.11 Å². The Morgan fingerprint density at radius 1 is 1.15 bits per heavy atom. The zero-order valence-corrected chi connectivity index (χ0v) is 15.8. The van der Waals surface area contributed by atoms with Crippen molar-refractivity contribution >= 4 is 0 Å². The van der Waals surface area contributed by atoms with Gasteiger partial charge in [-0.2, -0.15) is 0 Å². The van der Waals surface area contributed by atoms with Crippen LogP contribution in [0.3, 0.4) is 0 Å². The van der Waals surface area contributed by atoms with Gasteiger partial charge in [-0.05, 0) is 42.8 Å². The molecule has 0 saturated carbocycles. The summed E-state index contributed by atoms with van der Waals surface area (Å²) in [6, 6.07) is 9.57. The average molecular weight is 363 g/mol. The van der Waals surface area contributed by atoms with Crippen molar-refractivity contribution in [2.75, 3.05) is 33.9 Å². The first-order valence-corrected chi connectivity index (χ1v) is 8.87. The summed E-state index contributed by atoms with van der Waals surface area (Å²) in [7, 11) is 3.26. The topological polar surface area (TPSA) is 64.3 Å². The maximum atomic E-state index is 10.3. The Balaban J connectivity index is 1.86. The number of nitrogens with zero attached hydrogens (tertiary/aromatic N) is 1. The van der Waals surface area contributed by atoms with Crippen LogP contribution in [0.15, 0.2) is 41.0 Å². The summed E-state index contributed by atoms with van der Waals surface area (Å²) in [5.41, 5.74) is 1.11. The summed E-state index contributed by atoms with van der Waals surface area (Å²) in [6.07, 6.45) is 2.06. The summed E-state index contributed by atoms with van der Waals surface area (Å²) in [5.74, 6) is 2.18. The second kappa shape index (κ2) is 10.9. The van der Waals surface area contributed by atoms with Gasteiger partial charge in [-0.1, -0.05) is 13.0 Å². The second-order valence-electron chi connectivity index (χ2n) is 6.17. The van der Waals surface area contributed by atoms with Gasteiger partial charge in [-0.25, -0.2) is 0 Å². The molecule has 0 aliphatic heterocycles. The van der Waals surface area contributed by atoms with Crippen molar-refractivity contribution in [1.82, 2.24) is 4.90 Å². The minimum atomic E-state index is -0.559. The largest absolute Gasteiger partial charge is 0.493 e. The molecule has 0 aliphatic rings. The number of benzene rings is 1. The van der Waals surface area contributed by atoms with Gasteiger partial charge in [0, 0.05) is 13.1 Å². The molecule has 26 heavy (non-hydrogen) atoms. The third-order valence-electron chi connectivity index (χ3n) is 4.00. The summed E-state index contributed by atoms with van der Waals surface area (Å²) in [4.78, 5) is 2.21. The maximum Gasteiger partial charge on any atom is 0.161 e. The Bertz CT molecular complexity index is 629. The highest BCUT2D eigenvalue weighted by atomic mass is 16.5. The molecule has 6 nitrogen and oxygen atoms in total. The minimum Gasteiger partial charge on any atom is -0.493 e. The van der Waals surface area contributed by atoms with Crippen LogP contribution in [-0.2, 0) is 17.9 Å². The van der Waals surface area contributed by atoms with Crippen molar-refractivity contribution in [3.05, 3.63) is 47.9 Å². The fourth-order valence-corrected chi connectivity index (χ4v) is 2.83. The van der Waals surface area contributed by atoms with Crippen LogP contribution in [0.4, 0.5) is 0 Å². The molecule has 1 N–H and O–H groups in total. The second-order valence-corrected chi connectivity index (χ2v) is 6.17. The highest BCUT2D eigenvalue weighted by Crippen LogP contribution is 2.28. The fraction of sp³-hybridized carbons (Fsp3) is 0.500. The number of aliphatic hydroxyl groups excluding tert-OH is 1. The maximum absolute atomic E-state index is 10.3. The molecule has 1 aromatic carbocycles. The van der Waals surface area contributed by atoms with E-state index in [2.05, 4.69) is 11.8 Å². The van der Waals surface area contributed by atoms with E-state index in [0.717, 1.165) is 30.8 Å². The third kappa shape index (κ3) is 6.37. The van der Waals surface area contributed by atoms with Crippen molar-refractivity contribution < 1.29 is 23.7 Å². The molecule has 0 spiro atoms. The molecule has 0 aliphatic carbocycles. The Hall–Kier alpha value is -2.02. The Morgan fingerprint density at radius 2 is 1.96 bits per heavy atom. The summed E-state index contributed by atoms with van der Waals surface area (Å²) in [5, 5.41) is 10.3. The molecule has 6 heteroatoms. The van der Waals surface area contributed by atoms with Gasteiger partial charge >= 0.3 is 0 Å². The first kappa shape index (κ1) is 20.3. The van der Waals surface area contributed by atoms with Crippen LogP contribution in [0.5, 0.6) is 11.5 Å². The number of hydrogen-bond donors (Lipinski definition) is 1. The lowest BCUT2D eigenvalue weighted by Gasteiger charge is -2.25. The summed E-state index contributed by atoms with van der Waals surface area (Å²) in [6.45, 7) is 4.93. The van der Waals surface area contributed by atoms with Crippen molar-refractivity contribution in [3.63, 3.8) is 0 Å². The number of rotatable bonds is 12. The lowest BCUT2D eigenvalue weighted by molar-refractivity contribution is 0.00386. The minimum absolute atomic E-state index is 0.271. The van der Waals surface area contributed by atoms with Crippen LogP contribution < -0.4 is 9.47 Å². The predicted octanol–water partition coefficient (Wildman–Crippen LogP) is 3.09. The molecular formula is C20H29NO5. The Labute approximate surface area is 155 Å². The Kier molecular flexibility index (Phi) is 8.47. The number of aliphatic hydroxyl groups is 1. The first-order chi connectivity index (χ1) is 12.7. The van der Waals surface area contributed by atoms with E-state index >= 15 is 0 Å². The monoisotopic (exact) mass is 363 g/mol. The molecule has 2 aromatic rings. The van der Waals surface area contributed by atoms with Gasteiger partial charge in [0.25, 0.3) is 0 Å². The molecule has 1 heterocycles. The average Bonchev–Trinajstić information content (AvgIpc) is 3.15. The van der Waals surface area contributed by atoms with Gasteiger partial charge in [-0.3, -0.25) is 4.90 Å². The SMILES string of the molecule is CCCN(Cc1ccc(OC)c(OC)c1)C[C@H](O)COCc1ccco1. The molecule has 2 rings (SSSR count). The van der Waals surface area contributed by atoms with Crippen molar-refractivity contribution in [2.24, 2.45) is 0 Å². The molecule has 0 radical (unpaired) electrons. The predicted molar refractivity (Wildman–Crippen MR) is 99.5 cm³/mol. The first-order valence-electron chi connectivity index (χ1n) is 8.87. The lowest BCUT2D eigenvalue weighted by atomic mass is 10.1. The van der Waals surface area contributed by atoms with Gasteiger partial charge in [0.2, 0.25) is 0 Å². The van der Waals surface area contributed by atoms with Crippen LogP contribution >= 0.6 is 0 Å². The van der Waals surface area contributed by atoms with E-state index in [0.29, 0.717) is 24.7 Å². The highest BCUT2D eigenvalue weighted by Gasteiger charge is 2.14. The van der Waals surface area contributed by atoms with E-state index in [1.54, 1.807) is 20.5 Å². The summed E-state index contributed by atoms with van der Waals surface area (Å²) >= 11 is 0. The lowest BCUT2D eigenvalue weighted by Crippen LogP contribution is -2.35. The Morgan fingerprint density at radius 3 is 2.62 bits per heavy atom. The normalized spacial score (nSPS) is 12.3. The van der Waals surface area contributed by atoms with Gasteiger partial charge in [0.05, 0.1) is 33.2 Å². The third-order valence-corrected chi connectivity index (χ3v) is 4.00. The highest BCUT2D eigenvalue weighted by molar-refractivity contribution is 5.42. The quantitative estimate of drug-likeness (QED) is 0.625. The summed E-state index contributed by atoms with van der Waals surface area (Å²) < 4.78 is 21.4.